The van der Waals surface area contributed by atoms with E-state index in [1.54, 1.807) is 0 Å². The summed E-state index contributed by atoms with van der Waals surface area (Å²) >= 11 is 0. The lowest BCUT2D eigenvalue weighted by Crippen LogP contribution is -2.34. The molecule has 0 amide bonds. The number of nitrogens with one attached hydrogen (secondary N) is 1. The fourth-order valence-electron chi connectivity index (χ4n) is 2.06. The molecule has 1 aliphatic carbocycles. The molecule has 2 N–H and O–H groups in total. The zero-order valence-corrected chi connectivity index (χ0v) is 9.63. The largest absolute Gasteiger partial charge is 0.392 e. The Morgan fingerprint density at radius 3 is 2.43 bits per heavy atom. The molecule has 1 atom stereocenters. The first-order chi connectivity index (χ1) is 6.70. The van der Waals surface area contributed by atoms with Crippen molar-refractivity contribution in [2.45, 2.75) is 52.1 Å². The molecule has 0 bridgehead atoms. The first kappa shape index (κ1) is 12.0. The van der Waals surface area contributed by atoms with E-state index in [0.29, 0.717) is 5.92 Å². The number of rotatable bonds is 5. The van der Waals surface area contributed by atoms with Crippen LogP contribution >= 0.6 is 0 Å². The van der Waals surface area contributed by atoms with Gasteiger partial charge in [-0.3, -0.25) is 0 Å². The van der Waals surface area contributed by atoms with Crippen LogP contribution in [0.2, 0.25) is 0 Å². The van der Waals surface area contributed by atoms with Gasteiger partial charge in [0.2, 0.25) is 0 Å². The Kier molecular flexibility index (Phi) is 5.49. The maximum Gasteiger partial charge on any atom is 0.0687 e. The smallest absolute Gasteiger partial charge is 0.0687 e. The third-order valence-electron chi connectivity index (χ3n) is 3.28. The zero-order chi connectivity index (χ0) is 10.4. The SMILES string of the molecule is CC(C)C(O)CNCC1CCCCC1. The van der Waals surface area contributed by atoms with Crippen LogP contribution in [0.25, 0.3) is 0 Å². The molecule has 2 heteroatoms. The number of aliphatic hydroxyl groups is 1. The van der Waals surface area contributed by atoms with Crippen molar-refractivity contribution in [3.8, 4) is 0 Å². The maximum absolute atomic E-state index is 9.59. The molecule has 1 fully saturated rings. The molecule has 0 aromatic carbocycles. The van der Waals surface area contributed by atoms with Crippen LogP contribution in [0, 0.1) is 11.8 Å². The third-order valence-corrected chi connectivity index (χ3v) is 3.28. The predicted molar refractivity (Wildman–Crippen MR) is 60.3 cm³/mol. The topological polar surface area (TPSA) is 32.3 Å². The normalized spacial score (nSPS) is 21.4. The van der Waals surface area contributed by atoms with Gasteiger partial charge in [0.05, 0.1) is 6.10 Å². The van der Waals surface area contributed by atoms with E-state index in [9.17, 15) is 5.11 Å². The molecule has 0 saturated heterocycles. The monoisotopic (exact) mass is 199 g/mol. The average Bonchev–Trinajstić information content (AvgIpc) is 2.19. The third kappa shape index (κ3) is 4.43. The van der Waals surface area contributed by atoms with Gasteiger partial charge in [-0.15, -0.1) is 0 Å². The molecular formula is C12H25NO. The summed E-state index contributed by atoms with van der Waals surface area (Å²) in [4.78, 5) is 0. The van der Waals surface area contributed by atoms with Gasteiger partial charge in [-0.25, -0.2) is 0 Å². The van der Waals surface area contributed by atoms with Crippen molar-refractivity contribution in [3.05, 3.63) is 0 Å². The van der Waals surface area contributed by atoms with Gasteiger partial charge < -0.3 is 10.4 Å². The van der Waals surface area contributed by atoms with E-state index in [1.807, 2.05) is 0 Å². The Bertz CT molecular complexity index is 141. The second-order valence-corrected chi connectivity index (χ2v) is 4.97. The van der Waals surface area contributed by atoms with Crippen LogP contribution in [0.15, 0.2) is 0 Å². The standard InChI is InChI=1S/C12H25NO/c1-10(2)12(14)9-13-8-11-6-4-3-5-7-11/h10-14H,3-9H2,1-2H3. The van der Waals surface area contributed by atoms with Crippen molar-refractivity contribution in [3.63, 3.8) is 0 Å². The minimum absolute atomic E-state index is 0.182. The van der Waals surface area contributed by atoms with Crippen LogP contribution in [0.4, 0.5) is 0 Å². The summed E-state index contributed by atoms with van der Waals surface area (Å²) in [5.74, 6) is 1.23. The minimum Gasteiger partial charge on any atom is -0.392 e. The van der Waals surface area contributed by atoms with Gasteiger partial charge >= 0.3 is 0 Å². The van der Waals surface area contributed by atoms with E-state index in [-0.39, 0.29) is 6.10 Å². The van der Waals surface area contributed by atoms with Crippen molar-refractivity contribution in [2.75, 3.05) is 13.1 Å². The molecule has 1 aliphatic rings. The highest BCUT2D eigenvalue weighted by molar-refractivity contribution is 4.70. The molecule has 0 aromatic rings. The Hall–Kier alpha value is -0.0800. The molecule has 0 radical (unpaired) electrons. The lowest BCUT2D eigenvalue weighted by Gasteiger charge is -2.23. The van der Waals surface area contributed by atoms with E-state index in [0.717, 1.165) is 19.0 Å². The maximum atomic E-state index is 9.59. The van der Waals surface area contributed by atoms with Gasteiger partial charge in [0.15, 0.2) is 0 Å². The van der Waals surface area contributed by atoms with Crippen molar-refractivity contribution < 1.29 is 5.11 Å². The van der Waals surface area contributed by atoms with Crippen LogP contribution in [0.5, 0.6) is 0 Å². The number of aliphatic hydroxyl groups excluding tert-OH is 1. The lowest BCUT2D eigenvalue weighted by molar-refractivity contribution is 0.121. The average molecular weight is 199 g/mol. The molecule has 1 unspecified atom stereocenters. The molecular weight excluding hydrogens is 174 g/mol. The second kappa shape index (κ2) is 6.41. The van der Waals surface area contributed by atoms with Crippen LogP contribution in [-0.2, 0) is 0 Å². The predicted octanol–water partition coefficient (Wildman–Crippen LogP) is 2.17. The van der Waals surface area contributed by atoms with Gasteiger partial charge in [0.25, 0.3) is 0 Å². The first-order valence-electron chi connectivity index (χ1n) is 6.09. The van der Waals surface area contributed by atoms with Crippen molar-refractivity contribution in [1.82, 2.24) is 5.32 Å². The Labute approximate surface area is 88.1 Å². The molecule has 1 saturated carbocycles. The van der Waals surface area contributed by atoms with Crippen molar-refractivity contribution >= 4 is 0 Å². The molecule has 0 aliphatic heterocycles. The fraction of sp³-hybridized carbons (Fsp3) is 1.00. The molecule has 2 nitrogen and oxygen atoms in total. The summed E-state index contributed by atoms with van der Waals surface area (Å²) in [6.45, 7) is 5.98. The van der Waals surface area contributed by atoms with Gasteiger partial charge in [-0.2, -0.15) is 0 Å². The van der Waals surface area contributed by atoms with Crippen LogP contribution in [0.1, 0.15) is 46.0 Å². The molecule has 0 aromatic heterocycles. The fourth-order valence-corrected chi connectivity index (χ4v) is 2.06. The van der Waals surface area contributed by atoms with Gasteiger partial charge in [0.1, 0.15) is 0 Å². The van der Waals surface area contributed by atoms with Gasteiger partial charge in [-0.05, 0) is 31.2 Å². The lowest BCUT2D eigenvalue weighted by atomic mass is 9.89. The Morgan fingerprint density at radius 2 is 1.86 bits per heavy atom. The molecule has 14 heavy (non-hydrogen) atoms. The summed E-state index contributed by atoms with van der Waals surface area (Å²) in [5, 5.41) is 13.0. The zero-order valence-electron chi connectivity index (χ0n) is 9.63. The van der Waals surface area contributed by atoms with E-state index in [4.69, 9.17) is 0 Å². The molecule has 0 spiro atoms. The quantitative estimate of drug-likeness (QED) is 0.711. The molecule has 84 valence electrons. The summed E-state index contributed by atoms with van der Waals surface area (Å²) < 4.78 is 0. The van der Waals surface area contributed by atoms with Crippen LogP contribution < -0.4 is 5.32 Å². The second-order valence-electron chi connectivity index (χ2n) is 4.97. The van der Waals surface area contributed by atoms with Crippen molar-refractivity contribution in [2.24, 2.45) is 11.8 Å². The summed E-state index contributed by atoms with van der Waals surface area (Å²) in [5.41, 5.74) is 0. The first-order valence-corrected chi connectivity index (χ1v) is 6.09. The van der Waals surface area contributed by atoms with Crippen LogP contribution in [0.3, 0.4) is 0 Å². The van der Waals surface area contributed by atoms with E-state index in [1.165, 1.54) is 32.1 Å². The Balaban J connectivity index is 2.02. The molecule has 0 heterocycles. The van der Waals surface area contributed by atoms with Gasteiger partial charge in [0, 0.05) is 6.54 Å². The van der Waals surface area contributed by atoms with Gasteiger partial charge in [-0.1, -0.05) is 33.1 Å². The summed E-state index contributed by atoms with van der Waals surface area (Å²) in [6.07, 6.45) is 6.80. The highest BCUT2D eigenvalue weighted by Gasteiger charge is 2.14. The number of hydrogen-bond acceptors (Lipinski definition) is 2. The van der Waals surface area contributed by atoms with E-state index >= 15 is 0 Å². The number of hydrogen-bond donors (Lipinski definition) is 2. The highest BCUT2D eigenvalue weighted by Crippen LogP contribution is 2.22. The summed E-state index contributed by atoms with van der Waals surface area (Å²) in [6, 6.07) is 0. The summed E-state index contributed by atoms with van der Waals surface area (Å²) in [7, 11) is 0. The van der Waals surface area contributed by atoms with E-state index < -0.39 is 0 Å². The van der Waals surface area contributed by atoms with E-state index in [2.05, 4.69) is 19.2 Å². The highest BCUT2D eigenvalue weighted by atomic mass is 16.3. The molecule has 1 rings (SSSR count). The van der Waals surface area contributed by atoms with Crippen molar-refractivity contribution in [1.29, 1.82) is 0 Å². The minimum atomic E-state index is -0.182. The Morgan fingerprint density at radius 1 is 1.21 bits per heavy atom. The van der Waals surface area contributed by atoms with Crippen LogP contribution in [-0.4, -0.2) is 24.3 Å².